The molecule has 3 nitrogen and oxygen atoms in total. The average Bonchev–Trinajstić information content (AvgIpc) is 2.64. The van der Waals surface area contributed by atoms with Crippen LogP contribution >= 0.6 is 23.2 Å². The predicted molar refractivity (Wildman–Crippen MR) is 72.7 cm³/mol. The molecule has 0 aliphatic carbocycles. The van der Waals surface area contributed by atoms with Gasteiger partial charge in [0.1, 0.15) is 0 Å². The van der Waals surface area contributed by atoms with Crippen molar-refractivity contribution in [1.29, 1.82) is 0 Å². The summed E-state index contributed by atoms with van der Waals surface area (Å²) in [5.74, 6) is 0.570. The van der Waals surface area contributed by atoms with Gasteiger partial charge in [0.25, 0.3) is 0 Å². The van der Waals surface area contributed by atoms with Gasteiger partial charge in [0, 0.05) is 16.1 Å². The molecule has 17 heavy (non-hydrogen) atoms. The highest BCUT2D eigenvalue weighted by atomic mass is 35.5. The zero-order valence-corrected chi connectivity index (χ0v) is 11.3. The Morgan fingerprint density at radius 2 is 2.12 bits per heavy atom. The van der Waals surface area contributed by atoms with Crippen LogP contribution in [0.2, 0.25) is 10.0 Å². The lowest BCUT2D eigenvalue weighted by Crippen LogP contribution is -2.41. The van der Waals surface area contributed by atoms with Gasteiger partial charge in [-0.05, 0) is 37.6 Å². The summed E-state index contributed by atoms with van der Waals surface area (Å²) in [6.45, 7) is 4.79. The fraction of sp³-hybridized carbons (Fsp3) is 0.417. The van der Waals surface area contributed by atoms with E-state index in [-0.39, 0.29) is 12.1 Å². The minimum absolute atomic E-state index is 0.0844. The van der Waals surface area contributed by atoms with E-state index in [1.165, 1.54) is 0 Å². The fourth-order valence-electron chi connectivity index (χ4n) is 2.15. The van der Waals surface area contributed by atoms with E-state index in [0.29, 0.717) is 22.5 Å². The zero-order chi connectivity index (χ0) is 12.6. The number of guanidine groups is 1. The van der Waals surface area contributed by atoms with Gasteiger partial charge in [0.05, 0.1) is 12.6 Å². The van der Waals surface area contributed by atoms with Crippen molar-refractivity contribution in [2.45, 2.75) is 25.9 Å². The Labute approximate surface area is 111 Å². The third-order valence-corrected chi connectivity index (χ3v) is 3.48. The summed E-state index contributed by atoms with van der Waals surface area (Å²) in [7, 11) is 0. The van der Waals surface area contributed by atoms with Crippen molar-refractivity contribution in [2.24, 2.45) is 10.7 Å². The van der Waals surface area contributed by atoms with Crippen molar-refractivity contribution in [3.63, 3.8) is 0 Å². The summed E-state index contributed by atoms with van der Waals surface area (Å²) in [5.41, 5.74) is 6.88. The van der Waals surface area contributed by atoms with Crippen LogP contribution in [0.15, 0.2) is 23.2 Å². The Morgan fingerprint density at radius 3 is 2.76 bits per heavy atom. The van der Waals surface area contributed by atoms with Crippen LogP contribution in [0, 0.1) is 0 Å². The van der Waals surface area contributed by atoms with Crippen LogP contribution in [0.4, 0.5) is 0 Å². The summed E-state index contributed by atoms with van der Waals surface area (Å²) in [6, 6.07) is 5.85. The van der Waals surface area contributed by atoms with Gasteiger partial charge in [-0.3, -0.25) is 4.99 Å². The first-order chi connectivity index (χ1) is 8.00. The van der Waals surface area contributed by atoms with Crippen molar-refractivity contribution in [1.82, 2.24) is 4.90 Å². The van der Waals surface area contributed by atoms with Gasteiger partial charge in [-0.1, -0.05) is 23.2 Å². The van der Waals surface area contributed by atoms with E-state index in [9.17, 15) is 0 Å². The first kappa shape index (κ1) is 12.5. The molecule has 2 rings (SSSR count). The van der Waals surface area contributed by atoms with Crippen LogP contribution in [-0.2, 0) is 0 Å². The van der Waals surface area contributed by atoms with E-state index >= 15 is 0 Å². The standard InChI is InChI=1S/C12H15Cl2N3/c1-7(2)17-11(6-16-12(17)15)9-5-8(13)3-4-10(9)14/h3-5,7,11H,6H2,1-2H3,(H2,15,16). The summed E-state index contributed by atoms with van der Waals surface area (Å²) in [4.78, 5) is 6.35. The Bertz CT molecular complexity index is 457. The zero-order valence-electron chi connectivity index (χ0n) is 9.82. The van der Waals surface area contributed by atoms with Crippen LogP contribution in [0.3, 0.4) is 0 Å². The van der Waals surface area contributed by atoms with E-state index in [0.717, 1.165) is 5.56 Å². The fourth-order valence-corrected chi connectivity index (χ4v) is 2.58. The topological polar surface area (TPSA) is 41.6 Å². The van der Waals surface area contributed by atoms with Crippen LogP contribution in [0.25, 0.3) is 0 Å². The molecule has 0 amide bonds. The van der Waals surface area contributed by atoms with Gasteiger partial charge in [-0.15, -0.1) is 0 Å². The molecule has 0 fully saturated rings. The number of nitrogens with two attached hydrogens (primary N) is 1. The maximum atomic E-state index is 6.22. The molecule has 0 bridgehead atoms. The third kappa shape index (κ3) is 2.35. The van der Waals surface area contributed by atoms with Crippen molar-refractivity contribution >= 4 is 29.2 Å². The summed E-state index contributed by atoms with van der Waals surface area (Å²) in [5, 5.41) is 1.38. The molecule has 1 aliphatic heterocycles. The number of hydrogen-bond acceptors (Lipinski definition) is 3. The molecule has 0 spiro atoms. The lowest BCUT2D eigenvalue weighted by Gasteiger charge is -2.30. The number of nitrogens with zero attached hydrogens (tertiary/aromatic N) is 2. The maximum absolute atomic E-state index is 6.22. The van der Waals surface area contributed by atoms with Gasteiger partial charge in [0.15, 0.2) is 5.96 Å². The highest BCUT2D eigenvalue weighted by molar-refractivity contribution is 6.33. The molecule has 1 aliphatic rings. The normalized spacial score (nSPS) is 19.9. The summed E-state index contributed by atoms with van der Waals surface area (Å²) >= 11 is 12.2. The molecule has 1 heterocycles. The molecule has 1 unspecified atom stereocenters. The van der Waals surface area contributed by atoms with Crippen molar-refractivity contribution in [2.75, 3.05) is 6.54 Å². The van der Waals surface area contributed by atoms with Gasteiger partial charge in [-0.2, -0.15) is 0 Å². The van der Waals surface area contributed by atoms with Crippen LogP contribution in [0.1, 0.15) is 25.5 Å². The third-order valence-electron chi connectivity index (χ3n) is 2.90. The predicted octanol–water partition coefficient (Wildman–Crippen LogP) is 3.07. The molecule has 0 saturated carbocycles. The van der Waals surface area contributed by atoms with Gasteiger partial charge in [-0.25, -0.2) is 0 Å². The Morgan fingerprint density at radius 1 is 1.41 bits per heavy atom. The lowest BCUT2D eigenvalue weighted by atomic mass is 10.1. The highest BCUT2D eigenvalue weighted by Gasteiger charge is 2.30. The first-order valence-electron chi connectivity index (χ1n) is 5.54. The van der Waals surface area contributed by atoms with Gasteiger partial charge >= 0.3 is 0 Å². The largest absolute Gasteiger partial charge is 0.370 e. The minimum atomic E-state index is 0.0844. The highest BCUT2D eigenvalue weighted by Crippen LogP contribution is 2.33. The second-order valence-electron chi connectivity index (χ2n) is 4.38. The second-order valence-corrected chi connectivity index (χ2v) is 5.23. The van der Waals surface area contributed by atoms with Gasteiger partial charge < -0.3 is 10.6 Å². The molecule has 0 aromatic heterocycles. The Hall–Kier alpha value is -0.930. The SMILES string of the molecule is CC(C)N1C(N)=NCC1c1cc(Cl)ccc1Cl. The molecule has 1 aromatic rings. The van der Waals surface area contributed by atoms with Crippen molar-refractivity contribution in [3.05, 3.63) is 33.8 Å². The first-order valence-corrected chi connectivity index (χ1v) is 6.29. The molecule has 0 radical (unpaired) electrons. The van der Waals surface area contributed by atoms with Crippen LogP contribution < -0.4 is 5.73 Å². The Balaban J connectivity index is 2.37. The minimum Gasteiger partial charge on any atom is -0.370 e. The summed E-state index contributed by atoms with van der Waals surface area (Å²) in [6.07, 6.45) is 0. The molecular weight excluding hydrogens is 257 g/mol. The smallest absolute Gasteiger partial charge is 0.192 e. The van der Waals surface area contributed by atoms with Crippen molar-refractivity contribution in [3.8, 4) is 0 Å². The molecule has 1 atom stereocenters. The Kier molecular flexibility index (Phi) is 3.50. The van der Waals surface area contributed by atoms with E-state index < -0.39 is 0 Å². The monoisotopic (exact) mass is 271 g/mol. The van der Waals surface area contributed by atoms with E-state index in [1.54, 1.807) is 6.07 Å². The van der Waals surface area contributed by atoms with Crippen LogP contribution in [-0.4, -0.2) is 23.4 Å². The molecule has 2 N–H and O–H groups in total. The molecule has 92 valence electrons. The molecule has 1 aromatic carbocycles. The number of aliphatic imine (C=N–C) groups is 1. The van der Waals surface area contributed by atoms with E-state index in [2.05, 4.69) is 23.7 Å². The number of rotatable bonds is 2. The molecular formula is C12H15Cl2N3. The quantitative estimate of drug-likeness (QED) is 0.898. The number of halogens is 2. The summed E-state index contributed by atoms with van der Waals surface area (Å²) < 4.78 is 0. The van der Waals surface area contributed by atoms with E-state index in [1.807, 2.05) is 12.1 Å². The number of hydrogen-bond donors (Lipinski definition) is 1. The van der Waals surface area contributed by atoms with Crippen molar-refractivity contribution < 1.29 is 0 Å². The average molecular weight is 272 g/mol. The lowest BCUT2D eigenvalue weighted by molar-refractivity contribution is 0.290. The second kappa shape index (κ2) is 4.75. The molecule has 0 saturated heterocycles. The number of benzene rings is 1. The van der Waals surface area contributed by atoms with E-state index in [4.69, 9.17) is 28.9 Å². The van der Waals surface area contributed by atoms with Crippen LogP contribution in [0.5, 0.6) is 0 Å². The molecule has 5 heteroatoms. The van der Waals surface area contributed by atoms with Gasteiger partial charge in [0.2, 0.25) is 0 Å². The maximum Gasteiger partial charge on any atom is 0.192 e.